The van der Waals surface area contributed by atoms with Gasteiger partial charge in [-0.25, -0.2) is 4.79 Å². The van der Waals surface area contributed by atoms with Crippen molar-refractivity contribution in [1.82, 2.24) is 9.47 Å². The highest BCUT2D eigenvalue weighted by atomic mass is 32.1. The van der Waals surface area contributed by atoms with Crippen LogP contribution in [0.4, 0.5) is 0 Å². The summed E-state index contributed by atoms with van der Waals surface area (Å²) in [6, 6.07) is 7.84. The van der Waals surface area contributed by atoms with Crippen LogP contribution in [0.15, 0.2) is 23.6 Å². The van der Waals surface area contributed by atoms with Gasteiger partial charge < -0.3 is 14.2 Å². The van der Waals surface area contributed by atoms with Gasteiger partial charge in [0, 0.05) is 29.9 Å². The molecular weight excluding hydrogens is 350 g/mol. The molecule has 2 heterocycles. The lowest BCUT2D eigenvalue weighted by molar-refractivity contribution is -0.138. The summed E-state index contributed by atoms with van der Waals surface area (Å²) < 4.78 is 7.42. The molecule has 0 bridgehead atoms. The number of carbonyl (C=O) groups is 2. The molecule has 2 aromatic heterocycles. The molecular formula is C19H23N3O3S. The van der Waals surface area contributed by atoms with Gasteiger partial charge in [0.2, 0.25) is 0 Å². The van der Waals surface area contributed by atoms with Crippen molar-refractivity contribution in [3.8, 4) is 6.07 Å². The van der Waals surface area contributed by atoms with E-state index in [-0.39, 0.29) is 12.3 Å². The van der Waals surface area contributed by atoms with Gasteiger partial charge in [-0.15, -0.1) is 11.3 Å². The Morgan fingerprint density at radius 3 is 2.77 bits per heavy atom. The molecule has 2 aromatic rings. The van der Waals surface area contributed by atoms with Gasteiger partial charge in [0.25, 0.3) is 5.91 Å². The maximum atomic E-state index is 12.5. The van der Waals surface area contributed by atoms with E-state index in [1.165, 1.54) is 9.78 Å². The molecule has 0 saturated carbocycles. The van der Waals surface area contributed by atoms with Gasteiger partial charge in [-0.1, -0.05) is 6.07 Å². The summed E-state index contributed by atoms with van der Waals surface area (Å²) in [6.45, 7) is 6.39. The van der Waals surface area contributed by atoms with Crippen molar-refractivity contribution in [2.75, 3.05) is 13.6 Å². The second kappa shape index (κ2) is 8.68. The second-order valence-corrected chi connectivity index (χ2v) is 7.20. The first-order valence-electron chi connectivity index (χ1n) is 8.37. The fourth-order valence-electron chi connectivity index (χ4n) is 2.72. The lowest BCUT2D eigenvalue weighted by atomic mass is 10.2. The van der Waals surface area contributed by atoms with Crippen molar-refractivity contribution in [1.29, 1.82) is 5.26 Å². The van der Waals surface area contributed by atoms with Gasteiger partial charge in [-0.2, -0.15) is 5.26 Å². The van der Waals surface area contributed by atoms with E-state index in [9.17, 15) is 9.59 Å². The number of thiophene rings is 1. The Morgan fingerprint density at radius 2 is 2.15 bits per heavy atom. The van der Waals surface area contributed by atoms with E-state index in [1.54, 1.807) is 31.4 Å². The van der Waals surface area contributed by atoms with Gasteiger partial charge in [0.15, 0.2) is 6.10 Å². The first-order chi connectivity index (χ1) is 12.3. The van der Waals surface area contributed by atoms with Crippen LogP contribution in [0.1, 0.15) is 40.0 Å². The third kappa shape index (κ3) is 4.52. The van der Waals surface area contributed by atoms with E-state index < -0.39 is 12.1 Å². The highest BCUT2D eigenvalue weighted by molar-refractivity contribution is 7.09. The average molecular weight is 373 g/mol. The number of nitrogens with zero attached hydrogens (tertiary/aromatic N) is 3. The lowest BCUT2D eigenvalue weighted by Crippen LogP contribution is -2.38. The quantitative estimate of drug-likeness (QED) is 0.699. The predicted octanol–water partition coefficient (Wildman–Crippen LogP) is 3.13. The average Bonchev–Trinajstić information content (AvgIpc) is 3.22. The number of aryl methyl sites for hydroxylation is 1. The highest BCUT2D eigenvalue weighted by Gasteiger charge is 2.24. The summed E-state index contributed by atoms with van der Waals surface area (Å²) in [5, 5.41) is 10.6. The van der Waals surface area contributed by atoms with E-state index in [2.05, 4.69) is 10.6 Å². The van der Waals surface area contributed by atoms with Gasteiger partial charge in [-0.05, 0) is 38.3 Å². The minimum absolute atomic E-state index is 0.243. The molecule has 6 nitrogen and oxygen atoms in total. The molecule has 0 aliphatic heterocycles. The summed E-state index contributed by atoms with van der Waals surface area (Å²) in [5.41, 5.74) is 2.25. The van der Waals surface area contributed by atoms with Crippen LogP contribution in [-0.4, -0.2) is 41.0 Å². The molecule has 0 unspecified atom stereocenters. The van der Waals surface area contributed by atoms with Crippen molar-refractivity contribution in [3.63, 3.8) is 0 Å². The number of nitriles is 1. The Bertz CT molecular complexity index is 818. The van der Waals surface area contributed by atoms with Gasteiger partial charge >= 0.3 is 5.97 Å². The minimum atomic E-state index is -0.897. The monoisotopic (exact) mass is 373 g/mol. The van der Waals surface area contributed by atoms with E-state index in [1.807, 2.05) is 31.4 Å². The third-order valence-electron chi connectivity index (χ3n) is 4.25. The van der Waals surface area contributed by atoms with E-state index >= 15 is 0 Å². The molecule has 138 valence electrons. The molecule has 0 spiro atoms. The number of likely N-dealkylation sites (N-methyl/N-ethyl adjacent to an activating group) is 1. The number of rotatable bonds is 7. The number of hydrogen-bond acceptors (Lipinski definition) is 5. The largest absolute Gasteiger partial charge is 0.449 e. The Balaban J connectivity index is 2.08. The first kappa shape index (κ1) is 19.7. The van der Waals surface area contributed by atoms with Crippen molar-refractivity contribution in [2.45, 2.75) is 39.8 Å². The molecule has 2 rings (SSSR count). The summed E-state index contributed by atoms with van der Waals surface area (Å²) in [5.74, 6) is -0.828. The Hall–Kier alpha value is -2.59. The summed E-state index contributed by atoms with van der Waals surface area (Å²) >= 11 is 1.67. The SMILES string of the molecule is Cc1cc(C(=O)O[C@@H](C)C(=O)N(C)CCC#N)c(C)n1Cc1cccs1. The van der Waals surface area contributed by atoms with E-state index in [0.29, 0.717) is 18.7 Å². The highest BCUT2D eigenvalue weighted by Crippen LogP contribution is 2.20. The third-order valence-corrected chi connectivity index (χ3v) is 5.12. The van der Waals surface area contributed by atoms with Crippen molar-refractivity contribution >= 4 is 23.2 Å². The van der Waals surface area contributed by atoms with Crippen LogP contribution in [0.3, 0.4) is 0 Å². The number of hydrogen-bond donors (Lipinski definition) is 0. The number of aromatic nitrogens is 1. The zero-order valence-corrected chi connectivity index (χ0v) is 16.3. The molecule has 7 heteroatoms. The molecule has 0 saturated heterocycles. The maximum Gasteiger partial charge on any atom is 0.340 e. The molecule has 26 heavy (non-hydrogen) atoms. The Kier molecular flexibility index (Phi) is 6.58. The zero-order valence-electron chi connectivity index (χ0n) is 15.5. The van der Waals surface area contributed by atoms with Crippen molar-refractivity contribution in [3.05, 3.63) is 45.4 Å². The molecule has 0 aliphatic carbocycles. The van der Waals surface area contributed by atoms with Crippen LogP contribution in [0.25, 0.3) is 0 Å². The molecule has 0 aromatic carbocycles. The Labute approximate surface area is 157 Å². The van der Waals surface area contributed by atoms with E-state index in [4.69, 9.17) is 10.00 Å². The minimum Gasteiger partial charge on any atom is -0.449 e. The molecule has 1 amide bonds. The summed E-state index contributed by atoms with van der Waals surface area (Å²) in [7, 11) is 1.59. The molecule has 0 radical (unpaired) electrons. The standard InChI is InChI=1S/C19H23N3O3S/c1-13-11-17(14(2)22(13)12-16-7-5-10-26-16)19(24)25-15(3)18(23)21(4)9-6-8-20/h5,7,10-11,15H,6,9,12H2,1-4H3/t15-/m0/s1. The molecule has 1 atom stereocenters. The fraction of sp³-hybridized carbons (Fsp3) is 0.421. The summed E-state index contributed by atoms with van der Waals surface area (Å²) in [6.07, 6.45) is -0.654. The number of amides is 1. The van der Waals surface area contributed by atoms with Gasteiger partial charge in [0.1, 0.15) is 0 Å². The zero-order chi connectivity index (χ0) is 19.3. The van der Waals surface area contributed by atoms with Crippen LogP contribution in [0, 0.1) is 25.2 Å². The normalized spacial score (nSPS) is 11.7. The second-order valence-electron chi connectivity index (χ2n) is 6.17. The summed E-state index contributed by atoms with van der Waals surface area (Å²) in [4.78, 5) is 27.4. The molecule has 0 aliphatic rings. The maximum absolute atomic E-state index is 12.5. The topological polar surface area (TPSA) is 75.3 Å². The fourth-order valence-corrected chi connectivity index (χ4v) is 3.41. The van der Waals surface area contributed by atoms with Crippen LogP contribution in [0.2, 0.25) is 0 Å². The van der Waals surface area contributed by atoms with Crippen LogP contribution >= 0.6 is 11.3 Å². The van der Waals surface area contributed by atoms with Crippen molar-refractivity contribution < 1.29 is 14.3 Å². The number of ether oxygens (including phenoxy) is 1. The number of esters is 1. The number of carbonyl (C=O) groups excluding carboxylic acids is 2. The first-order valence-corrected chi connectivity index (χ1v) is 9.25. The molecule has 0 fully saturated rings. The van der Waals surface area contributed by atoms with Gasteiger partial charge in [-0.3, -0.25) is 4.79 Å². The van der Waals surface area contributed by atoms with Crippen LogP contribution < -0.4 is 0 Å². The lowest BCUT2D eigenvalue weighted by Gasteiger charge is -2.20. The van der Waals surface area contributed by atoms with Crippen LogP contribution in [-0.2, 0) is 16.1 Å². The van der Waals surface area contributed by atoms with E-state index in [0.717, 1.165) is 11.4 Å². The van der Waals surface area contributed by atoms with Gasteiger partial charge in [0.05, 0.1) is 24.6 Å². The molecule has 0 N–H and O–H groups in total. The van der Waals surface area contributed by atoms with Crippen LogP contribution in [0.5, 0.6) is 0 Å². The van der Waals surface area contributed by atoms with Crippen molar-refractivity contribution in [2.24, 2.45) is 0 Å². The smallest absolute Gasteiger partial charge is 0.340 e. The predicted molar refractivity (Wildman–Crippen MR) is 100 cm³/mol. The Morgan fingerprint density at radius 1 is 1.42 bits per heavy atom.